The molecule has 4 heteroatoms. The smallest absolute Gasteiger partial charge is 0.168 e. The Morgan fingerprint density at radius 1 is 1.45 bits per heavy atom. The third-order valence-corrected chi connectivity index (χ3v) is 2.77. The Bertz CT molecular complexity index is 132. The van der Waals surface area contributed by atoms with Gasteiger partial charge in [-0.15, -0.1) is 0 Å². The van der Waals surface area contributed by atoms with Gasteiger partial charge >= 0.3 is 0 Å². The molecule has 1 atom stereocenters. The Balaban J connectivity index is 3.09. The molecule has 1 unspecified atom stereocenters. The summed E-state index contributed by atoms with van der Waals surface area (Å²) >= 11 is 5.52. The maximum absolute atomic E-state index is 10.9. The third kappa shape index (κ3) is 10.5. The maximum Gasteiger partial charge on any atom is 0.168 e. The Labute approximate surface area is 73.4 Å². The molecule has 0 aliphatic carbocycles. The van der Waals surface area contributed by atoms with Gasteiger partial charge in [0.05, 0.1) is 6.61 Å². The number of hydrogen-bond donors (Lipinski definition) is 0. The van der Waals surface area contributed by atoms with Crippen molar-refractivity contribution < 1.29 is 9.30 Å². The lowest BCUT2D eigenvalue weighted by molar-refractivity contribution is 0.146. The Kier molecular flexibility index (Phi) is 6.31. The van der Waals surface area contributed by atoms with E-state index < -0.39 is 6.49 Å². The van der Waals surface area contributed by atoms with Crippen LogP contribution in [0.25, 0.3) is 0 Å². The zero-order valence-electron chi connectivity index (χ0n) is 7.18. The molecular formula is C7H16ClO2P. The van der Waals surface area contributed by atoms with Gasteiger partial charge in [0.1, 0.15) is 0 Å². The monoisotopic (exact) mass is 198 g/mol. The quantitative estimate of drug-likeness (QED) is 0.485. The first kappa shape index (κ1) is 11.5. The van der Waals surface area contributed by atoms with Gasteiger partial charge in [-0.05, 0) is 6.42 Å². The van der Waals surface area contributed by atoms with Crippen molar-refractivity contribution in [3.05, 3.63) is 0 Å². The van der Waals surface area contributed by atoms with Gasteiger partial charge < -0.3 is 9.30 Å². The molecule has 68 valence electrons. The van der Waals surface area contributed by atoms with Crippen molar-refractivity contribution in [1.82, 2.24) is 0 Å². The van der Waals surface area contributed by atoms with Crippen LogP contribution in [0.2, 0.25) is 0 Å². The fourth-order valence-corrected chi connectivity index (χ4v) is 1.24. The molecule has 0 aliphatic heterocycles. The summed E-state index contributed by atoms with van der Waals surface area (Å²) in [4.78, 5) is 0. The Morgan fingerprint density at radius 2 is 2.09 bits per heavy atom. The fourth-order valence-electron chi connectivity index (χ4n) is 0.576. The van der Waals surface area contributed by atoms with Crippen LogP contribution in [0.5, 0.6) is 0 Å². The summed E-state index contributed by atoms with van der Waals surface area (Å²) in [5.41, 5.74) is 0. The van der Waals surface area contributed by atoms with Crippen LogP contribution in [0.4, 0.5) is 0 Å². The first-order valence-corrected chi connectivity index (χ1v) is 7.14. The fraction of sp³-hybridized carbons (Fsp3) is 1.00. The lowest BCUT2D eigenvalue weighted by Gasteiger charge is -2.04. The van der Waals surface area contributed by atoms with Gasteiger partial charge in [0, 0.05) is 19.4 Å². The van der Waals surface area contributed by atoms with E-state index in [1.54, 1.807) is 6.66 Å². The zero-order chi connectivity index (χ0) is 8.74. The molecule has 0 amide bonds. The molecule has 0 N–H and O–H groups in total. The second kappa shape index (κ2) is 6.05. The minimum atomic E-state index is -2.37. The van der Waals surface area contributed by atoms with E-state index >= 15 is 0 Å². The van der Waals surface area contributed by atoms with Crippen molar-refractivity contribution in [2.75, 3.05) is 26.0 Å². The van der Waals surface area contributed by atoms with E-state index in [4.69, 9.17) is 16.0 Å². The van der Waals surface area contributed by atoms with Gasteiger partial charge in [-0.1, -0.05) is 24.6 Å². The van der Waals surface area contributed by atoms with Crippen LogP contribution < -0.4 is 0 Å². The summed E-state index contributed by atoms with van der Waals surface area (Å²) in [6.07, 6.45) is 2.68. The molecule has 0 aromatic rings. The van der Waals surface area contributed by atoms with Gasteiger partial charge in [0.2, 0.25) is 0 Å². The van der Waals surface area contributed by atoms with Gasteiger partial charge in [-0.25, -0.2) is 0 Å². The SMILES string of the molecule is CCCCOCCP(C)(=O)Cl. The average Bonchev–Trinajstić information content (AvgIpc) is 1.85. The summed E-state index contributed by atoms with van der Waals surface area (Å²) in [5, 5.41) is 0. The molecule has 11 heavy (non-hydrogen) atoms. The summed E-state index contributed by atoms with van der Waals surface area (Å²) < 4.78 is 16.1. The maximum atomic E-state index is 10.9. The normalized spacial score (nSPS) is 16.3. The van der Waals surface area contributed by atoms with E-state index in [0.29, 0.717) is 12.8 Å². The van der Waals surface area contributed by atoms with E-state index in [-0.39, 0.29) is 0 Å². The van der Waals surface area contributed by atoms with Crippen molar-refractivity contribution >= 4 is 17.7 Å². The molecule has 0 rings (SSSR count). The molecule has 0 bridgehead atoms. The highest BCUT2D eigenvalue weighted by atomic mass is 35.7. The molecule has 0 aromatic carbocycles. The van der Waals surface area contributed by atoms with Crippen LogP contribution in [-0.2, 0) is 9.30 Å². The number of ether oxygens (including phenoxy) is 1. The van der Waals surface area contributed by atoms with Crippen LogP contribution >= 0.6 is 17.7 Å². The lowest BCUT2D eigenvalue weighted by atomic mass is 10.4. The van der Waals surface area contributed by atoms with Gasteiger partial charge in [-0.3, -0.25) is 0 Å². The summed E-state index contributed by atoms with van der Waals surface area (Å²) in [6.45, 7) is 2.59. The number of hydrogen-bond acceptors (Lipinski definition) is 2. The van der Waals surface area contributed by atoms with Gasteiger partial charge in [0.25, 0.3) is 0 Å². The van der Waals surface area contributed by atoms with Crippen molar-refractivity contribution in [2.45, 2.75) is 19.8 Å². The first-order valence-electron chi connectivity index (χ1n) is 3.90. The van der Waals surface area contributed by atoms with E-state index in [9.17, 15) is 4.57 Å². The molecule has 0 saturated carbocycles. The van der Waals surface area contributed by atoms with Gasteiger partial charge in [-0.2, -0.15) is 0 Å². The molecule has 2 nitrogen and oxygen atoms in total. The summed E-state index contributed by atoms with van der Waals surface area (Å²) in [6, 6.07) is 0. The first-order chi connectivity index (χ1) is 5.06. The molecule has 0 radical (unpaired) electrons. The van der Waals surface area contributed by atoms with Crippen molar-refractivity contribution in [3.63, 3.8) is 0 Å². The van der Waals surface area contributed by atoms with Crippen molar-refractivity contribution in [2.24, 2.45) is 0 Å². The van der Waals surface area contributed by atoms with E-state index in [2.05, 4.69) is 6.92 Å². The molecule has 0 heterocycles. The molecule has 0 spiro atoms. The Morgan fingerprint density at radius 3 is 2.55 bits per heavy atom. The molecule has 0 aromatic heterocycles. The van der Waals surface area contributed by atoms with Gasteiger partial charge in [0.15, 0.2) is 6.49 Å². The van der Waals surface area contributed by atoms with E-state index in [1.165, 1.54) is 0 Å². The van der Waals surface area contributed by atoms with Crippen LogP contribution in [0.15, 0.2) is 0 Å². The van der Waals surface area contributed by atoms with Crippen molar-refractivity contribution in [1.29, 1.82) is 0 Å². The standard InChI is InChI=1S/C7H16ClO2P/c1-3-4-5-10-6-7-11(2,8)9/h3-7H2,1-2H3. The van der Waals surface area contributed by atoms with Crippen molar-refractivity contribution in [3.8, 4) is 0 Å². The lowest BCUT2D eigenvalue weighted by Crippen LogP contribution is -1.99. The highest BCUT2D eigenvalue weighted by molar-refractivity contribution is 7.88. The molecule has 0 aliphatic rings. The second-order valence-corrected chi connectivity index (χ2v) is 7.24. The minimum Gasteiger partial charge on any atom is -0.381 e. The Hall–Kier alpha value is 0.480. The van der Waals surface area contributed by atoms with Crippen LogP contribution in [0.3, 0.4) is 0 Å². The molecule has 0 fully saturated rings. The second-order valence-electron chi connectivity index (χ2n) is 2.67. The zero-order valence-corrected chi connectivity index (χ0v) is 8.83. The number of rotatable bonds is 6. The third-order valence-electron chi connectivity index (χ3n) is 1.28. The predicted molar refractivity (Wildman–Crippen MR) is 50.0 cm³/mol. The van der Waals surface area contributed by atoms with Crippen LogP contribution in [-0.4, -0.2) is 26.0 Å². The van der Waals surface area contributed by atoms with Crippen LogP contribution in [0, 0.1) is 0 Å². The highest BCUT2D eigenvalue weighted by Gasteiger charge is 2.08. The highest BCUT2D eigenvalue weighted by Crippen LogP contribution is 2.46. The summed E-state index contributed by atoms with van der Waals surface area (Å²) in [7, 11) is 0. The van der Waals surface area contributed by atoms with E-state index in [1.807, 2.05) is 0 Å². The molecule has 0 saturated heterocycles. The topological polar surface area (TPSA) is 26.3 Å². The summed E-state index contributed by atoms with van der Waals surface area (Å²) in [5.74, 6) is 0. The van der Waals surface area contributed by atoms with Crippen LogP contribution in [0.1, 0.15) is 19.8 Å². The minimum absolute atomic E-state index is 0.484. The average molecular weight is 199 g/mol. The largest absolute Gasteiger partial charge is 0.381 e. The molecular weight excluding hydrogens is 183 g/mol. The van der Waals surface area contributed by atoms with E-state index in [0.717, 1.165) is 19.4 Å². The predicted octanol–water partition coefficient (Wildman–Crippen LogP) is 2.95. The number of halogens is 1. The number of unbranched alkanes of at least 4 members (excludes halogenated alkanes) is 1.